The Kier molecular flexibility index (Phi) is 4.98. The third-order valence-electron chi connectivity index (χ3n) is 2.79. The first-order valence-electron chi connectivity index (χ1n) is 5.95. The molecule has 0 amide bonds. The van der Waals surface area contributed by atoms with Crippen LogP contribution in [0, 0.1) is 5.82 Å². The third-order valence-corrected chi connectivity index (χ3v) is 3.75. The van der Waals surface area contributed by atoms with Gasteiger partial charge in [-0.05, 0) is 48.2 Å². The summed E-state index contributed by atoms with van der Waals surface area (Å²) < 4.78 is 18.9. The molecular formula is C15H14FNOS2. The summed E-state index contributed by atoms with van der Waals surface area (Å²) in [4.78, 5) is 1.34. The smallest absolute Gasteiger partial charge is 0.123 e. The number of halogens is 1. The van der Waals surface area contributed by atoms with Crippen LogP contribution in [-0.2, 0) is 6.61 Å². The molecule has 0 radical (unpaired) electrons. The fourth-order valence-electron chi connectivity index (χ4n) is 1.74. The Balaban J connectivity index is 2.12. The number of rotatable bonds is 5. The predicted octanol–water partition coefficient (Wildman–Crippen LogP) is 3.76. The van der Waals surface area contributed by atoms with E-state index in [2.05, 4.69) is 0 Å². The van der Waals surface area contributed by atoms with Gasteiger partial charge in [-0.2, -0.15) is 0 Å². The third kappa shape index (κ3) is 3.71. The van der Waals surface area contributed by atoms with Crippen molar-refractivity contribution < 1.29 is 9.13 Å². The Morgan fingerprint density at radius 2 is 1.95 bits per heavy atom. The maximum atomic E-state index is 13.2. The zero-order valence-electron chi connectivity index (χ0n) is 10.9. The van der Waals surface area contributed by atoms with Gasteiger partial charge in [0.25, 0.3) is 0 Å². The van der Waals surface area contributed by atoms with E-state index in [-0.39, 0.29) is 10.8 Å². The van der Waals surface area contributed by atoms with Crippen molar-refractivity contribution in [2.45, 2.75) is 11.5 Å². The molecule has 2 nitrogen and oxygen atoms in total. The molecule has 0 bridgehead atoms. The molecule has 2 aromatic rings. The first-order valence-corrected chi connectivity index (χ1v) is 7.58. The van der Waals surface area contributed by atoms with Crippen molar-refractivity contribution in [3.63, 3.8) is 0 Å². The van der Waals surface area contributed by atoms with Crippen molar-refractivity contribution in [1.82, 2.24) is 0 Å². The van der Waals surface area contributed by atoms with Gasteiger partial charge in [-0.3, -0.25) is 0 Å². The summed E-state index contributed by atoms with van der Waals surface area (Å²) in [7, 11) is 0. The van der Waals surface area contributed by atoms with Crippen LogP contribution in [0.25, 0.3) is 0 Å². The molecular weight excluding hydrogens is 293 g/mol. The van der Waals surface area contributed by atoms with Gasteiger partial charge < -0.3 is 10.5 Å². The van der Waals surface area contributed by atoms with Crippen LogP contribution in [0.1, 0.15) is 11.1 Å². The van der Waals surface area contributed by atoms with Crippen LogP contribution in [0.5, 0.6) is 5.75 Å². The molecule has 2 N–H and O–H groups in total. The lowest BCUT2D eigenvalue weighted by Gasteiger charge is -2.10. The molecule has 2 aromatic carbocycles. The molecule has 0 aromatic heterocycles. The molecule has 0 spiro atoms. The topological polar surface area (TPSA) is 35.2 Å². The number of benzene rings is 2. The van der Waals surface area contributed by atoms with E-state index in [1.54, 1.807) is 17.8 Å². The lowest BCUT2D eigenvalue weighted by molar-refractivity contribution is 0.305. The number of thioether (sulfide) groups is 1. The minimum absolute atomic E-state index is 0.167. The maximum Gasteiger partial charge on any atom is 0.123 e. The van der Waals surface area contributed by atoms with E-state index in [4.69, 9.17) is 22.7 Å². The Bertz CT molecular complexity index is 614. The average Bonchev–Trinajstić information content (AvgIpc) is 2.46. The van der Waals surface area contributed by atoms with E-state index in [0.717, 1.165) is 11.3 Å². The minimum atomic E-state index is -0.360. The highest BCUT2D eigenvalue weighted by molar-refractivity contribution is 7.98. The first-order chi connectivity index (χ1) is 9.60. The van der Waals surface area contributed by atoms with Crippen molar-refractivity contribution in [2.75, 3.05) is 6.26 Å². The summed E-state index contributed by atoms with van der Waals surface area (Å²) in [6.07, 6.45) is 2.02. The van der Waals surface area contributed by atoms with Gasteiger partial charge in [0.05, 0.1) is 0 Å². The molecule has 104 valence electrons. The standard InChI is InChI=1S/C15H14FNOS2/c1-20-13-6-4-12(5-7-13)18-9-10-2-3-11(16)8-14(10)15(17)19/h2-8H,9H2,1H3,(H2,17,19). The minimum Gasteiger partial charge on any atom is -0.489 e. The number of hydrogen-bond donors (Lipinski definition) is 1. The van der Waals surface area contributed by atoms with Crippen LogP contribution in [0.2, 0.25) is 0 Å². The molecule has 0 aliphatic rings. The highest BCUT2D eigenvalue weighted by Gasteiger charge is 2.07. The van der Waals surface area contributed by atoms with Crippen LogP contribution in [0.4, 0.5) is 4.39 Å². The molecule has 2 rings (SSSR count). The van der Waals surface area contributed by atoms with E-state index >= 15 is 0 Å². The average molecular weight is 307 g/mol. The largest absolute Gasteiger partial charge is 0.489 e. The summed E-state index contributed by atoms with van der Waals surface area (Å²) in [5.41, 5.74) is 6.88. The van der Waals surface area contributed by atoms with E-state index in [9.17, 15) is 4.39 Å². The van der Waals surface area contributed by atoms with Gasteiger partial charge in [0, 0.05) is 10.5 Å². The monoisotopic (exact) mass is 307 g/mol. The van der Waals surface area contributed by atoms with Crippen molar-refractivity contribution >= 4 is 29.0 Å². The molecule has 0 saturated carbocycles. The van der Waals surface area contributed by atoms with Crippen molar-refractivity contribution in [1.29, 1.82) is 0 Å². The Morgan fingerprint density at radius 3 is 2.55 bits per heavy atom. The second kappa shape index (κ2) is 6.72. The summed E-state index contributed by atoms with van der Waals surface area (Å²) in [6, 6.07) is 12.1. The summed E-state index contributed by atoms with van der Waals surface area (Å²) >= 11 is 6.59. The van der Waals surface area contributed by atoms with Gasteiger partial charge in [0.1, 0.15) is 23.2 Å². The molecule has 0 saturated heterocycles. The van der Waals surface area contributed by atoms with Gasteiger partial charge in [-0.1, -0.05) is 18.3 Å². The fraction of sp³-hybridized carbons (Fsp3) is 0.133. The zero-order chi connectivity index (χ0) is 14.5. The Hall–Kier alpha value is -1.59. The van der Waals surface area contributed by atoms with Crippen LogP contribution >= 0.6 is 24.0 Å². The number of nitrogens with two attached hydrogens (primary N) is 1. The second-order valence-electron chi connectivity index (χ2n) is 4.13. The molecule has 0 unspecified atom stereocenters. The molecule has 0 fully saturated rings. The molecule has 0 heterocycles. The van der Waals surface area contributed by atoms with E-state index in [1.165, 1.54) is 17.0 Å². The highest BCUT2D eigenvalue weighted by Crippen LogP contribution is 2.20. The first kappa shape index (κ1) is 14.8. The van der Waals surface area contributed by atoms with Gasteiger partial charge >= 0.3 is 0 Å². The lowest BCUT2D eigenvalue weighted by atomic mass is 10.1. The van der Waals surface area contributed by atoms with Gasteiger partial charge in [-0.15, -0.1) is 11.8 Å². The van der Waals surface area contributed by atoms with Gasteiger partial charge in [0.15, 0.2) is 0 Å². The summed E-state index contributed by atoms with van der Waals surface area (Å²) in [5, 5.41) is 0. The zero-order valence-corrected chi connectivity index (χ0v) is 12.6. The quantitative estimate of drug-likeness (QED) is 0.674. The molecule has 20 heavy (non-hydrogen) atoms. The highest BCUT2D eigenvalue weighted by atomic mass is 32.2. The molecule has 0 aliphatic carbocycles. The van der Waals surface area contributed by atoms with E-state index in [0.29, 0.717) is 12.2 Å². The number of ether oxygens (including phenoxy) is 1. The van der Waals surface area contributed by atoms with Crippen LogP contribution in [0.3, 0.4) is 0 Å². The van der Waals surface area contributed by atoms with E-state index in [1.807, 2.05) is 30.5 Å². The van der Waals surface area contributed by atoms with Crippen LogP contribution < -0.4 is 10.5 Å². The number of thiocarbonyl (C=S) groups is 1. The van der Waals surface area contributed by atoms with Gasteiger partial charge in [-0.25, -0.2) is 4.39 Å². The fourth-order valence-corrected chi connectivity index (χ4v) is 2.34. The summed E-state index contributed by atoms with van der Waals surface area (Å²) in [5.74, 6) is 0.391. The van der Waals surface area contributed by atoms with Crippen molar-refractivity contribution in [2.24, 2.45) is 5.73 Å². The van der Waals surface area contributed by atoms with Crippen LogP contribution in [0.15, 0.2) is 47.4 Å². The molecule has 0 atom stereocenters. The predicted molar refractivity (Wildman–Crippen MR) is 84.8 cm³/mol. The van der Waals surface area contributed by atoms with Crippen molar-refractivity contribution in [3.05, 3.63) is 59.4 Å². The van der Waals surface area contributed by atoms with Gasteiger partial charge in [0.2, 0.25) is 0 Å². The Labute approximate surface area is 127 Å². The molecule has 0 aliphatic heterocycles. The normalized spacial score (nSPS) is 10.3. The SMILES string of the molecule is CSc1ccc(OCc2ccc(F)cc2C(N)=S)cc1. The number of hydrogen-bond acceptors (Lipinski definition) is 3. The Morgan fingerprint density at radius 1 is 1.25 bits per heavy atom. The van der Waals surface area contributed by atoms with Crippen LogP contribution in [-0.4, -0.2) is 11.2 Å². The lowest BCUT2D eigenvalue weighted by Crippen LogP contribution is -2.14. The molecule has 5 heteroatoms. The van der Waals surface area contributed by atoms with Crippen molar-refractivity contribution in [3.8, 4) is 5.75 Å². The van der Waals surface area contributed by atoms with E-state index < -0.39 is 0 Å². The summed E-state index contributed by atoms with van der Waals surface area (Å²) in [6.45, 7) is 0.297. The second-order valence-corrected chi connectivity index (χ2v) is 5.45. The maximum absolute atomic E-state index is 13.2.